The van der Waals surface area contributed by atoms with Crippen LogP contribution in [0.15, 0.2) is 53.4 Å². The highest BCUT2D eigenvalue weighted by Crippen LogP contribution is 2.33. The summed E-state index contributed by atoms with van der Waals surface area (Å²) in [5, 5.41) is 14.4. The predicted octanol–water partition coefficient (Wildman–Crippen LogP) is 3.26. The topological polar surface area (TPSA) is 125 Å². The first-order chi connectivity index (χ1) is 20.2. The van der Waals surface area contributed by atoms with Crippen LogP contribution in [-0.4, -0.2) is 80.9 Å². The highest BCUT2D eigenvalue weighted by molar-refractivity contribution is 7.89. The van der Waals surface area contributed by atoms with Crippen LogP contribution in [-0.2, 0) is 37.1 Å². The lowest BCUT2D eigenvalue weighted by Crippen LogP contribution is -2.51. The molecule has 42 heavy (non-hydrogen) atoms. The first-order valence-corrected chi connectivity index (χ1v) is 16.3. The number of hydrogen-bond acceptors (Lipinski definition) is 7. The van der Waals surface area contributed by atoms with Crippen molar-refractivity contribution in [1.29, 1.82) is 0 Å². The van der Waals surface area contributed by atoms with Crippen molar-refractivity contribution in [3.8, 4) is 0 Å². The van der Waals surface area contributed by atoms with Crippen LogP contribution >= 0.6 is 0 Å². The monoisotopic (exact) mass is 599 g/mol. The Bertz CT molecular complexity index is 1340. The number of sulfonamides is 1. The van der Waals surface area contributed by atoms with Crippen molar-refractivity contribution in [2.75, 3.05) is 37.7 Å². The zero-order valence-corrected chi connectivity index (χ0v) is 24.9. The molecule has 5 rings (SSSR count). The van der Waals surface area contributed by atoms with Crippen molar-refractivity contribution >= 4 is 27.7 Å². The summed E-state index contributed by atoms with van der Waals surface area (Å²) in [6, 6.07) is 13.6. The van der Waals surface area contributed by atoms with Gasteiger partial charge in [0.25, 0.3) is 0 Å². The summed E-state index contributed by atoms with van der Waals surface area (Å²) >= 11 is 0. The molecular weight excluding hydrogens is 558 g/mol. The number of alkyl carbamates (subject to hydrolysis) is 1. The number of fused-ring (bicyclic) bond motifs is 1. The van der Waals surface area contributed by atoms with Gasteiger partial charge in [-0.3, -0.25) is 4.79 Å². The van der Waals surface area contributed by atoms with E-state index in [-0.39, 0.29) is 35.9 Å². The van der Waals surface area contributed by atoms with Crippen LogP contribution in [0.3, 0.4) is 0 Å². The van der Waals surface area contributed by atoms with Gasteiger partial charge >= 0.3 is 6.09 Å². The summed E-state index contributed by atoms with van der Waals surface area (Å²) in [4.78, 5) is 26.7. The molecule has 1 saturated heterocycles. The fourth-order valence-corrected chi connectivity index (χ4v) is 7.73. The first kappa shape index (κ1) is 30.5. The Kier molecular flexibility index (Phi) is 9.82. The third-order valence-electron chi connectivity index (χ3n) is 8.53. The van der Waals surface area contributed by atoms with Crippen LogP contribution in [0.4, 0.5) is 10.5 Å². The molecule has 0 spiro atoms. The molecular formula is C31H41N3O7S. The number of ether oxygens (including phenoxy) is 2. The number of aliphatic hydroxyl groups excluding tert-OH is 1. The second-order valence-corrected chi connectivity index (χ2v) is 13.5. The molecule has 3 atom stereocenters. The van der Waals surface area contributed by atoms with E-state index >= 15 is 0 Å². The Hall–Kier alpha value is -2.99. The van der Waals surface area contributed by atoms with Gasteiger partial charge in [0.2, 0.25) is 15.9 Å². The van der Waals surface area contributed by atoms with Crippen molar-refractivity contribution in [1.82, 2.24) is 9.62 Å². The van der Waals surface area contributed by atoms with Gasteiger partial charge in [0, 0.05) is 38.7 Å². The van der Waals surface area contributed by atoms with Crippen molar-refractivity contribution < 1.29 is 32.6 Å². The van der Waals surface area contributed by atoms with E-state index in [1.165, 1.54) is 11.2 Å². The largest absolute Gasteiger partial charge is 0.444 e. The highest BCUT2D eigenvalue weighted by Gasteiger charge is 2.35. The van der Waals surface area contributed by atoms with E-state index in [9.17, 15) is 23.1 Å². The van der Waals surface area contributed by atoms with Crippen LogP contribution in [0, 0.1) is 5.92 Å². The molecule has 2 aliphatic heterocycles. The Morgan fingerprint density at radius 2 is 1.90 bits per heavy atom. The van der Waals surface area contributed by atoms with E-state index in [2.05, 4.69) is 5.32 Å². The SMILES string of the molecule is CC(=O)N1CCc2ccc(S(=O)(=O)N(CC3CCCC3)C[C@H](O)C(Cc3ccccc3)NC(=O)O[C@H]3CCOC3)cc21. The van der Waals surface area contributed by atoms with Gasteiger partial charge in [0.05, 0.1) is 30.3 Å². The Labute approximate surface area is 248 Å². The zero-order chi connectivity index (χ0) is 29.7. The van der Waals surface area contributed by atoms with Gasteiger partial charge in [-0.2, -0.15) is 4.31 Å². The maximum absolute atomic E-state index is 14.2. The van der Waals surface area contributed by atoms with Crippen molar-refractivity contribution in [3.63, 3.8) is 0 Å². The molecule has 1 saturated carbocycles. The van der Waals surface area contributed by atoms with Gasteiger partial charge in [0.1, 0.15) is 6.10 Å². The second kappa shape index (κ2) is 13.5. The molecule has 2 aromatic carbocycles. The third kappa shape index (κ3) is 7.31. The minimum absolute atomic E-state index is 0.0906. The number of carbonyl (C=O) groups excluding carboxylic acids is 2. The molecule has 1 aliphatic carbocycles. The standard InChI is InChI=1S/C31H41N3O7S/c1-22(35)34-15-13-25-11-12-27(18-29(25)34)42(38,39)33(19-24-9-5-6-10-24)20-30(36)28(17-23-7-3-2-4-8-23)32-31(37)41-26-14-16-40-21-26/h2-4,7-8,11-12,18,24,26,28,30,36H,5-6,9-10,13-17,19-21H2,1H3,(H,32,37)/t26-,28?,30-/m0/s1. The first-order valence-electron chi connectivity index (χ1n) is 14.9. The second-order valence-electron chi connectivity index (χ2n) is 11.6. The quantitative estimate of drug-likeness (QED) is 0.406. The van der Waals surface area contributed by atoms with Gasteiger partial charge in [-0.05, 0) is 54.9 Å². The smallest absolute Gasteiger partial charge is 0.407 e. The maximum Gasteiger partial charge on any atom is 0.407 e. The summed E-state index contributed by atoms with van der Waals surface area (Å²) in [5.41, 5.74) is 2.44. The summed E-state index contributed by atoms with van der Waals surface area (Å²) in [6.07, 6.45) is 3.28. The van der Waals surface area contributed by atoms with Gasteiger partial charge in [-0.25, -0.2) is 13.2 Å². The molecule has 0 radical (unpaired) electrons. The Morgan fingerprint density at radius 1 is 1.14 bits per heavy atom. The lowest BCUT2D eigenvalue weighted by Gasteiger charge is -2.31. The highest BCUT2D eigenvalue weighted by atomic mass is 32.2. The summed E-state index contributed by atoms with van der Waals surface area (Å²) < 4.78 is 40.5. The van der Waals surface area contributed by atoms with E-state index in [0.29, 0.717) is 44.7 Å². The van der Waals surface area contributed by atoms with Gasteiger partial charge < -0.3 is 24.8 Å². The van der Waals surface area contributed by atoms with Crippen LogP contribution in [0.25, 0.3) is 0 Å². The average Bonchev–Trinajstić information content (AvgIpc) is 3.75. The van der Waals surface area contributed by atoms with Crippen molar-refractivity contribution in [2.45, 2.75) is 75.0 Å². The lowest BCUT2D eigenvalue weighted by atomic mass is 10.0. The molecule has 228 valence electrons. The molecule has 0 aromatic heterocycles. The Balaban J connectivity index is 1.39. The van der Waals surface area contributed by atoms with Crippen LogP contribution in [0.1, 0.15) is 50.2 Å². The van der Waals surface area contributed by atoms with Gasteiger partial charge in [-0.1, -0.05) is 49.2 Å². The fraction of sp³-hybridized carbons (Fsp3) is 0.548. The molecule has 10 nitrogen and oxygen atoms in total. The average molecular weight is 600 g/mol. The van der Waals surface area contributed by atoms with Crippen molar-refractivity contribution in [3.05, 3.63) is 59.7 Å². The van der Waals surface area contributed by atoms with E-state index in [1.54, 1.807) is 23.1 Å². The molecule has 0 bridgehead atoms. The number of anilines is 1. The summed E-state index contributed by atoms with van der Waals surface area (Å²) in [5.74, 6) is 0.0513. The van der Waals surface area contributed by atoms with Crippen LogP contribution in [0.5, 0.6) is 0 Å². The van der Waals surface area contributed by atoms with E-state index in [0.717, 1.165) is 36.8 Å². The number of nitrogens with one attached hydrogen (secondary N) is 1. The lowest BCUT2D eigenvalue weighted by molar-refractivity contribution is -0.116. The number of hydrogen-bond donors (Lipinski definition) is 2. The van der Waals surface area contributed by atoms with E-state index in [4.69, 9.17) is 9.47 Å². The molecule has 2 heterocycles. The maximum atomic E-state index is 14.2. The zero-order valence-electron chi connectivity index (χ0n) is 24.1. The van der Waals surface area contributed by atoms with Crippen LogP contribution < -0.4 is 10.2 Å². The molecule has 1 unspecified atom stereocenters. The minimum Gasteiger partial charge on any atom is -0.444 e. The Morgan fingerprint density at radius 3 is 2.60 bits per heavy atom. The number of rotatable bonds is 11. The molecule has 3 aliphatic rings. The molecule has 2 N–H and O–H groups in total. The van der Waals surface area contributed by atoms with Gasteiger partial charge in [-0.15, -0.1) is 0 Å². The summed E-state index contributed by atoms with van der Waals surface area (Å²) in [7, 11) is -4.03. The molecule has 11 heteroatoms. The van der Waals surface area contributed by atoms with Crippen LogP contribution in [0.2, 0.25) is 0 Å². The number of benzene rings is 2. The third-order valence-corrected chi connectivity index (χ3v) is 10.4. The number of carbonyl (C=O) groups is 2. The minimum atomic E-state index is -4.03. The van der Waals surface area contributed by atoms with E-state index < -0.39 is 28.3 Å². The fourth-order valence-electron chi connectivity index (χ4n) is 6.18. The summed E-state index contributed by atoms with van der Waals surface area (Å²) in [6.45, 7) is 2.92. The molecule has 2 fully saturated rings. The predicted molar refractivity (Wildman–Crippen MR) is 158 cm³/mol. The van der Waals surface area contributed by atoms with Crippen molar-refractivity contribution in [2.24, 2.45) is 5.92 Å². The number of amides is 2. The molecule has 2 amide bonds. The van der Waals surface area contributed by atoms with Gasteiger partial charge in [0.15, 0.2) is 0 Å². The van der Waals surface area contributed by atoms with E-state index in [1.807, 2.05) is 30.3 Å². The number of nitrogens with zero attached hydrogens (tertiary/aromatic N) is 2. The normalized spacial score (nSPS) is 20.5. The number of aliphatic hydroxyl groups is 1. The molecule has 2 aromatic rings.